The quantitative estimate of drug-likeness (QED) is 0.714. The molecule has 0 spiro atoms. The molecule has 5 nitrogen and oxygen atoms in total. The van der Waals surface area contributed by atoms with Crippen molar-refractivity contribution >= 4 is 17.8 Å². The molecule has 2 bridgehead atoms. The second kappa shape index (κ2) is 3.33. The second-order valence-electron chi connectivity index (χ2n) is 6.69. The molecule has 0 aromatic heterocycles. The van der Waals surface area contributed by atoms with Gasteiger partial charge in [-0.3, -0.25) is 19.3 Å². The maximum atomic E-state index is 12.2. The molecule has 2 amide bonds. The molecule has 1 saturated heterocycles. The van der Waals surface area contributed by atoms with E-state index in [1.165, 1.54) is 11.9 Å². The van der Waals surface area contributed by atoms with Crippen LogP contribution in [0.2, 0.25) is 0 Å². The van der Waals surface area contributed by atoms with Gasteiger partial charge in [0.15, 0.2) is 0 Å². The third-order valence-corrected chi connectivity index (χ3v) is 4.50. The number of rotatable bonds is 1. The largest absolute Gasteiger partial charge is 0.481 e. The highest BCUT2D eigenvalue weighted by Crippen LogP contribution is 2.58. The number of carboxylic acid groups (broad SMARTS) is 1. The molecule has 2 aliphatic rings. The molecule has 1 aliphatic heterocycles. The Hall–Kier alpha value is -1.39. The van der Waals surface area contributed by atoms with Crippen molar-refractivity contribution < 1.29 is 19.5 Å². The highest BCUT2D eigenvalue weighted by atomic mass is 16.4. The first kappa shape index (κ1) is 13.1. The van der Waals surface area contributed by atoms with Crippen LogP contribution in [-0.4, -0.2) is 34.8 Å². The van der Waals surface area contributed by atoms with Crippen LogP contribution in [0.4, 0.5) is 0 Å². The number of fused-ring (bicyclic) bond motifs is 2. The SMILES string of the molecule is CN1C(=O)C2(C)CC(C)(C(=O)O)CC(C)(C2)C1=O. The van der Waals surface area contributed by atoms with Crippen molar-refractivity contribution in [3.63, 3.8) is 0 Å². The Bertz CT molecular complexity index is 428. The lowest BCUT2D eigenvalue weighted by Gasteiger charge is -2.54. The number of carbonyl (C=O) groups is 3. The number of carbonyl (C=O) groups excluding carboxylic acids is 2. The summed E-state index contributed by atoms with van der Waals surface area (Å²) in [6.45, 7) is 5.19. The maximum Gasteiger partial charge on any atom is 0.309 e. The standard InChI is InChI=1S/C13H19NO4/c1-11-5-12(2,9(16)14(4)8(11)15)7-13(3,6-11)10(17)18/h5-7H2,1-4H3,(H,17,18). The van der Waals surface area contributed by atoms with Crippen LogP contribution < -0.4 is 0 Å². The summed E-state index contributed by atoms with van der Waals surface area (Å²) in [4.78, 5) is 37.1. The Labute approximate surface area is 106 Å². The monoisotopic (exact) mass is 253 g/mol. The first-order chi connectivity index (χ1) is 8.04. The summed E-state index contributed by atoms with van der Waals surface area (Å²) in [5.74, 6) is -1.43. The normalized spacial score (nSPS) is 44.1. The number of hydrogen-bond donors (Lipinski definition) is 1. The zero-order valence-corrected chi connectivity index (χ0v) is 11.2. The van der Waals surface area contributed by atoms with E-state index in [1.807, 2.05) is 0 Å². The molecule has 2 rings (SSSR count). The van der Waals surface area contributed by atoms with Gasteiger partial charge in [0, 0.05) is 17.9 Å². The van der Waals surface area contributed by atoms with E-state index in [1.54, 1.807) is 20.8 Å². The van der Waals surface area contributed by atoms with Crippen molar-refractivity contribution in [2.24, 2.45) is 16.2 Å². The van der Waals surface area contributed by atoms with Crippen LogP contribution in [0.15, 0.2) is 0 Å². The fourth-order valence-corrected chi connectivity index (χ4v) is 4.13. The maximum absolute atomic E-state index is 12.2. The fraction of sp³-hybridized carbons (Fsp3) is 0.769. The molecule has 2 unspecified atom stereocenters. The van der Waals surface area contributed by atoms with Gasteiger partial charge in [0.2, 0.25) is 11.8 Å². The van der Waals surface area contributed by atoms with Crippen molar-refractivity contribution in [3.05, 3.63) is 0 Å². The van der Waals surface area contributed by atoms with Gasteiger partial charge in [-0.25, -0.2) is 0 Å². The van der Waals surface area contributed by atoms with Gasteiger partial charge in [0.1, 0.15) is 0 Å². The second-order valence-corrected chi connectivity index (χ2v) is 6.69. The summed E-state index contributed by atoms with van der Waals surface area (Å²) in [6.07, 6.45) is 1.04. The summed E-state index contributed by atoms with van der Waals surface area (Å²) in [5, 5.41) is 9.38. The van der Waals surface area contributed by atoms with E-state index in [4.69, 9.17) is 0 Å². The van der Waals surface area contributed by atoms with E-state index in [9.17, 15) is 19.5 Å². The highest BCUT2D eigenvalue weighted by Gasteiger charge is 2.62. The van der Waals surface area contributed by atoms with E-state index in [0.717, 1.165) is 0 Å². The van der Waals surface area contributed by atoms with E-state index >= 15 is 0 Å². The number of piperidine rings is 1. The van der Waals surface area contributed by atoms with Gasteiger partial charge in [-0.15, -0.1) is 0 Å². The molecule has 1 heterocycles. The molecule has 1 N–H and O–H groups in total. The fourth-order valence-electron chi connectivity index (χ4n) is 4.13. The van der Waals surface area contributed by atoms with Gasteiger partial charge in [-0.2, -0.15) is 0 Å². The smallest absolute Gasteiger partial charge is 0.309 e. The van der Waals surface area contributed by atoms with E-state index in [-0.39, 0.29) is 11.8 Å². The first-order valence-electron chi connectivity index (χ1n) is 6.10. The lowest BCUT2D eigenvalue weighted by Crippen LogP contribution is -2.63. The Morgan fingerprint density at radius 3 is 1.78 bits per heavy atom. The molecular formula is C13H19NO4. The number of carboxylic acids is 1. The van der Waals surface area contributed by atoms with E-state index < -0.39 is 22.2 Å². The minimum atomic E-state index is -1.01. The topological polar surface area (TPSA) is 74.7 Å². The summed E-state index contributed by atoms with van der Waals surface area (Å²) in [6, 6.07) is 0. The van der Waals surface area contributed by atoms with Crippen LogP contribution in [0, 0.1) is 16.2 Å². The summed E-state index contributed by atoms with van der Waals surface area (Å²) in [7, 11) is 1.49. The molecule has 5 heteroatoms. The van der Waals surface area contributed by atoms with Crippen LogP contribution in [-0.2, 0) is 14.4 Å². The summed E-state index contributed by atoms with van der Waals surface area (Å²) < 4.78 is 0. The van der Waals surface area contributed by atoms with Crippen molar-refractivity contribution in [1.82, 2.24) is 4.90 Å². The minimum Gasteiger partial charge on any atom is -0.481 e. The van der Waals surface area contributed by atoms with Crippen LogP contribution >= 0.6 is 0 Å². The minimum absolute atomic E-state index is 0.253. The highest BCUT2D eigenvalue weighted by molar-refractivity contribution is 6.04. The molecule has 0 aromatic rings. The molecule has 100 valence electrons. The summed E-state index contributed by atoms with van der Waals surface area (Å²) in [5.41, 5.74) is -2.50. The number of imide groups is 1. The number of amides is 2. The third-order valence-electron chi connectivity index (χ3n) is 4.50. The van der Waals surface area contributed by atoms with Gasteiger partial charge in [-0.1, -0.05) is 13.8 Å². The Morgan fingerprint density at radius 2 is 1.44 bits per heavy atom. The lowest BCUT2D eigenvalue weighted by molar-refractivity contribution is -0.181. The number of aliphatic carboxylic acids is 1. The Morgan fingerprint density at radius 1 is 1.06 bits per heavy atom. The van der Waals surface area contributed by atoms with Crippen molar-refractivity contribution in [2.75, 3.05) is 7.05 Å². The van der Waals surface area contributed by atoms with Gasteiger partial charge in [0.25, 0.3) is 0 Å². The van der Waals surface area contributed by atoms with Crippen molar-refractivity contribution in [2.45, 2.75) is 40.0 Å². The van der Waals surface area contributed by atoms with Crippen LogP contribution in [0.25, 0.3) is 0 Å². The van der Waals surface area contributed by atoms with Gasteiger partial charge >= 0.3 is 5.97 Å². The Kier molecular flexibility index (Phi) is 2.42. The average Bonchev–Trinajstić information content (AvgIpc) is 2.22. The average molecular weight is 253 g/mol. The molecule has 18 heavy (non-hydrogen) atoms. The molecule has 2 atom stereocenters. The van der Waals surface area contributed by atoms with Gasteiger partial charge < -0.3 is 5.11 Å². The van der Waals surface area contributed by atoms with Crippen molar-refractivity contribution in [3.8, 4) is 0 Å². The van der Waals surface area contributed by atoms with E-state index in [0.29, 0.717) is 19.3 Å². The number of nitrogens with zero attached hydrogens (tertiary/aromatic N) is 1. The van der Waals surface area contributed by atoms with Crippen molar-refractivity contribution in [1.29, 1.82) is 0 Å². The predicted octanol–water partition coefficient (Wildman–Crippen LogP) is 1.27. The molecule has 1 aliphatic carbocycles. The van der Waals surface area contributed by atoms with E-state index in [2.05, 4.69) is 0 Å². The molecule has 0 radical (unpaired) electrons. The zero-order chi connectivity index (χ0) is 13.9. The molecular weight excluding hydrogens is 234 g/mol. The lowest BCUT2D eigenvalue weighted by atomic mass is 9.52. The molecule has 1 saturated carbocycles. The number of likely N-dealkylation sites (tertiary alicyclic amines) is 1. The molecule has 0 aromatic carbocycles. The third kappa shape index (κ3) is 1.49. The van der Waals surface area contributed by atoms with Gasteiger partial charge in [0.05, 0.1) is 5.41 Å². The van der Waals surface area contributed by atoms with Crippen LogP contribution in [0.5, 0.6) is 0 Å². The zero-order valence-electron chi connectivity index (χ0n) is 11.2. The predicted molar refractivity (Wildman–Crippen MR) is 63.6 cm³/mol. The van der Waals surface area contributed by atoms with Crippen LogP contribution in [0.1, 0.15) is 40.0 Å². The van der Waals surface area contributed by atoms with Gasteiger partial charge in [-0.05, 0) is 26.2 Å². The summed E-state index contributed by atoms with van der Waals surface area (Å²) >= 11 is 0. The number of hydrogen-bond acceptors (Lipinski definition) is 3. The first-order valence-corrected chi connectivity index (χ1v) is 6.10. The van der Waals surface area contributed by atoms with Crippen LogP contribution in [0.3, 0.4) is 0 Å². The molecule has 2 fully saturated rings. The Balaban J connectivity index is 2.53.